The molecule has 0 atom stereocenters. The first-order valence-electron chi connectivity index (χ1n) is 9.03. The van der Waals surface area contributed by atoms with Crippen LogP contribution in [-0.4, -0.2) is 40.3 Å². The van der Waals surface area contributed by atoms with Gasteiger partial charge in [0.15, 0.2) is 0 Å². The van der Waals surface area contributed by atoms with Gasteiger partial charge in [0.1, 0.15) is 17.3 Å². The molecule has 3 aromatic rings. The molecule has 27 heavy (non-hydrogen) atoms. The number of rotatable bonds is 6. The van der Waals surface area contributed by atoms with Crippen LogP contribution in [0.15, 0.2) is 47.1 Å². The maximum Gasteiger partial charge on any atom is 0.239 e. The summed E-state index contributed by atoms with van der Waals surface area (Å²) in [4.78, 5) is 8.77. The number of hydrazine groups is 1. The van der Waals surface area contributed by atoms with Crippen LogP contribution in [0.25, 0.3) is 11.3 Å². The fourth-order valence-corrected chi connectivity index (χ4v) is 2.99. The van der Waals surface area contributed by atoms with Crippen LogP contribution < -0.4 is 15.5 Å². The Morgan fingerprint density at radius 2 is 1.89 bits per heavy atom. The predicted octanol–water partition coefficient (Wildman–Crippen LogP) is 3.70. The van der Waals surface area contributed by atoms with Crippen molar-refractivity contribution in [1.29, 1.82) is 0 Å². The van der Waals surface area contributed by atoms with Crippen molar-refractivity contribution < 1.29 is 9.26 Å². The summed E-state index contributed by atoms with van der Waals surface area (Å²) in [6, 6.07) is 11.3. The van der Waals surface area contributed by atoms with Crippen LogP contribution in [0.2, 0.25) is 0 Å². The largest absolute Gasteiger partial charge is 0.497 e. The molecule has 0 saturated carbocycles. The van der Waals surface area contributed by atoms with Crippen molar-refractivity contribution in [3.8, 4) is 17.0 Å². The van der Waals surface area contributed by atoms with E-state index in [0.717, 1.165) is 30.1 Å². The minimum atomic E-state index is 0.517. The Morgan fingerprint density at radius 3 is 2.67 bits per heavy atom. The summed E-state index contributed by atoms with van der Waals surface area (Å²) in [7, 11) is 1.64. The van der Waals surface area contributed by atoms with Gasteiger partial charge in [-0.15, -0.1) is 0 Å². The van der Waals surface area contributed by atoms with E-state index in [-0.39, 0.29) is 0 Å². The Labute approximate surface area is 157 Å². The van der Waals surface area contributed by atoms with E-state index in [4.69, 9.17) is 9.26 Å². The molecular formula is C19H22N6O2. The lowest BCUT2D eigenvalue weighted by Crippen LogP contribution is -2.35. The Kier molecular flexibility index (Phi) is 5.15. The van der Waals surface area contributed by atoms with Crippen LogP contribution in [0.4, 0.5) is 17.7 Å². The van der Waals surface area contributed by atoms with E-state index in [1.165, 1.54) is 19.3 Å². The zero-order chi connectivity index (χ0) is 18.5. The summed E-state index contributed by atoms with van der Waals surface area (Å²) < 4.78 is 10.6. The van der Waals surface area contributed by atoms with Crippen LogP contribution in [-0.2, 0) is 0 Å². The molecular weight excluding hydrogens is 344 g/mol. The molecule has 1 aliphatic rings. The van der Waals surface area contributed by atoms with Crippen LogP contribution >= 0.6 is 0 Å². The van der Waals surface area contributed by atoms with Crippen LogP contribution in [0.5, 0.6) is 5.75 Å². The van der Waals surface area contributed by atoms with Crippen molar-refractivity contribution in [1.82, 2.24) is 20.1 Å². The standard InChI is InChI=1S/C19H22N6O2/c1-26-15-7-5-14(6-8-15)16-13-18(27-24-16)21-17-9-10-20-19(22-17)23-25-11-3-2-4-12-25/h5-10,13H,2-4,11-12H2,1H3,(H2,20,21,22,23). The molecule has 1 saturated heterocycles. The molecule has 1 aromatic carbocycles. The van der Waals surface area contributed by atoms with Crippen molar-refractivity contribution >= 4 is 17.7 Å². The molecule has 0 radical (unpaired) electrons. The number of methoxy groups -OCH3 is 1. The van der Waals surface area contributed by atoms with Gasteiger partial charge in [-0.25, -0.2) is 9.99 Å². The third-order valence-electron chi connectivity index (χ3n) is 4.42. The van der Waals surface area contributed by atoms with Gasteiger partial charge in [-0.05, 0) is 43.2 Å². The lowest BCUT2D eigenvalue weighted by atomic mass is 10.1. The molecule has 0 bridgehead atoms. The third-order valence-corrected chi connectivity index (χ3v) is 4.42. The van der Waals surface area contributed by atoms with Crippen molar-refractivity contribution in [2.45, 2.75) is 19.3 Å². The number of hydrogen-bond donors (Lipinski definition) is 2. The summed E-state index contributed by atoms with van der Waals surface area (Å²) in [6.45, 7) is 2.02. The van der Waals surface area contributed by atoms with Crippen molar-refractivity contribution in [2.75, 3.05) is 30.9 Å². The lowest BCUT2D eigenvalue weighted by molar-refractivity contribution is 0.271. The van der Waals surface area contributed by atoms with Crippen molar-refractivity contribution in [2.24, 2.45) is 0 Å². The van der Waals surface area contributed by atoms with Gasteiger partial charge in [-0.2, -0.15) is 4.98 Å². The summed E-state index contributed by atoms with van der Waals surface area (Å²) in [6.07, 6.45) is 5.37. The second kappa shape index (κ2) is 8.05. The fraction of sp³-hybridized carbons (Fsp3) is 0.316. The number of hydrogen-bond acceptors (Lipinski definition) is 8. The number of anilines is 3. The molecule has 2 N–H and O–H groups in total. The molecule has 0 spiro atoms. The third kappa shape index (κ3) is 4.35. The van der Waals surface area contributed by atoms with E-state index in [2.05, 4.69) is 30.9 Å². The number of ether oxygens (including phenoxy) is 1. The Hall–Kier alpha value is -3.13. The summed E-state index contributed by atoms with van der Waals surface area (Å²) in [5.74, 6) is 2.53. The minimum absolute atomic E-state index is 0.517. The normalized spacial score (nSPS) is 14.7. The average molecular weight is 366 g/mol. The quantitative estimate of drug-likeness (QED) is 0.683. The molecule has 140 valence electrons. The predicted molar refractivity (Wildman–Crippen MR) is 103 cm³/mol. The van der Waals surface area contributed by atoms with E-state index in [1.807, 2.05) is 30.3 Å². The van der Waals surface area contributed by atoms with Crippen molar-refractivity contribution in [3.05, 3.63) is 42.6 Å². The molecule has 2 aromatic heterocycles. The first kappa shape index (κ1) is 17.3. The molecule has 4 rings (SSSR count). The highest BCUT2D eigenvalue weighted by molar-refractivity contribution is 5.64. The molecule has 0 aliphatic carbocycles. The Balaban J connectivity index is 1.43. The lowest BCUT2D eigenvalue weighted by Gasteiger charge is -2.26. The molecule has 0 unspecified atom stereocenters. The van der Waals surface area contributed by atoms with Gasteiger partial charge in [-0.1, -0.05) is 11.6 Å². The second-order valence-electron chi connectivity index (χ2n) is 6.35. The van der Waals surface area contributed by atoms with Gasteiger partial charge in [0.2, 0.25) is 11.8 Å². The van der Waals surface area contributed by atoms with Crippen molar-refractivity contribution in [3.63, 3.8) is 0 Å². The molecule has 1 aliphatic heterocycles. The Morgan fingerprint density at radius 1 is 1.07 bits per heavy atom. The highest BCUT2D eigenvalue weighted by atomic mass is 16.5. The van der Waals surface area contributed by atoms with Gasteiger partial charge >= 0.3 is 0 Å². The first-order chi connectivity index (χ1) is 13.3. The first-order valence-corrected chi connectivity index (χ1v) is 9.03. The number of nitrogens with one attached hydrogen (secondary N) is 2. The van der Waals surface area contributed by atoms with Gasteiger partial charge in [0.05, 0.1) is 7.11 Å². The zero-order valence-corrected chi connectivity index (χ0v) is 15.2. The van der Waals surface area contributed by atoms with E-state index in [9.17, 15) is 0 Å². The highest BCUT2D eigenvalue weighted by Gasteiger charge is 2.12. The minimum Gasteiger partial charge on any atom is -0.497 e. The van der Waals surface area contributed by atoms with E-state index in [1.54, 1.807) is 19.4 Å². The molecule has 1 fully saturated rings. The van der Waals surface area contributed by atoms with Gasteiger partial charge in [0, 0.05) is 30.9 Å². The zero-order valence-electron chi connectivity index (χ0n) is 15.2. The summed E-state index contributed by atoms with van der Waals surface area (Å²) >= 11 is 0. The maximum atomic E-state index is 5.39. The fourth-order valence-electron chi connectivity index (χ4n) is 2.99. The smallest absolute Gasteiger partial charge is 0.239 e. The summed E-state index contributed by atoms with van der Waals surface area (Å²) in [5, 5.41) is 9.39. The number of benzene rings is 1. The average Bonchev–Trinajstić information content (AvgIpc) is 3.17. The number of piperidine rings is 1. The monoisotopic (exact) mass is 366 g/mol. The van der Waals surface area contributed by atoms with E-state index < -0.39 is 0 Å². The van der Waals surface area contributed by atoms with E-state index >= 15 is 0 Å². The highest BCUT2D eigenvalue weighted by Crippen LogP contribution is 2.25. The maximum absolute atomic E-state index is 5.39. The summed E-state index contributed by atoms with van der Waals surface area (Å²) in [5.41, 5.74) is 4.95. The Bertz CT molecular complexity index is 874. The van der Waals surface area contributed by atoms with E-state index in [0.29, 0.717) is 17.7 Å². The van der Waals surface area contributed by atoms with Crippen LogP contribution in [0.1, 0.15) is 19.3 Å². The molecule has 0 amide bonds. The van der Waals surface area contributed by atoms with Crippen LogP contribution in [0.3, 0.4) is 0 Å². The van der Waals surface area contributed by atoms with Gasteiger partial charge in [-0.3, -0.25) is 5.43 Å². The number of aromatic nitrogens is 3. The molecule has 3 heterocycles. The molecule has 8 heteroatoms. The van der Waals surface area contributed by atoms with Gasteiger partial charge in [0.25, 0.3) is 0 Å². The SMILES string of the molecule is COc1ccc(-c2cc(Nc3ccnc(NN4CCCCC4)n3)on2)cc1. The van der Waals surface area contributed by atoms with Crippen LogP contribution in [0, 0.1) is 0 Å². The topological polar surface area (TPSA) is 88.3 Å². The second-order valence-corrected chi connectivity index (χ2v) is 6.35. The van der Waals surface area contributed by atoms with Gasteiger partial charge < -0.3 is 14.6 Å². The molecule has 8 nitrogen and oxygen atoms in total. The number of nitrogens with zero attached hydrogens (tertiary/aromatic N) is 4.